The van der Waals surface area contributed by atoms with E-state index < -0.39 is 18.3 Å². The zero-order chi connectivity index (χ0) is 13.1. The van der Waals surface area contributed by atoms with Gasteiger partial charge in [0.15, 0.2) is 11.5 Å². The van der Waals surface area contributed by atoms with Crippen molar-refractivity contribution in [2.45, 2.75) is 25.2 Å². The molecule has 0 amide bonds. The van der Waals surface area contributed by atoms with Crippen molar-refractivity contribution < 1.29 is 22.6 Å². The van der Waals surface area contributed by atoms with E-state index in [1.807, 2.05) is 0 Å². The summed E-state index contributed by atoms with van der Waals surface area (Å²) in [6.45, 7) is 1.24. The predicted octanol–water partition coefficient (Wildman–Crippen LogP) is 2.35. The van der Waals surface area contributed by atoms with Gasteiger partial charge < -0.3 is 15.2 Å². The van der Waals surface area contributed by atoms with Crippen LogP contribution >= 0.6 is 0 Å². The largest absolute Gasteiger partial charge is 0.493 e. The molecule has 1 rings (SSSR count). The molecule has 96 valence electrons. The second-order valence-electron chi connectivity index (χ2n) is 3.59. The first-order valence-electron chi connectivity index (χ1n) is 4.98. The highest BCUT2D eigenvalue weighted by molar-refractivity contribution is 5.39. The Labute approximate surface area is 97.3 Å². The molecule has 0 aromatic heterocycles. The van der Waals surface area contributed by atoms with Crippen LogP contribution in [-0.2, 0) is 0 Å². The van der Waals surface area contributed by atoms with Crippen LogP contribution in [0.4, 0.5) is 13.2 Å². The molecule has 0 saturated heterocycles. The topological polar surface area (TPSA) is 44.5 Å². The number of hydrogen-bond donors (Lipinski definition) is 1. The Morgan fingerprint density at radius 1 is 1.18 bits per heavy atom. The summed E-state index contributed by atoms with van der Waals surface area (Å²) in [6, 6.07) is 4.95. The molecular weight excluding hydrogens is 235 g/mol. The van der Waals surface area contributed by atoms with Crippen LogP contribution < -0.4 is 15.2 Å². The van der Waals surface area contributed by atoms with Crippen molar-refractivity contribution in [1.82, 2.24) is 0 Å². The standard InChI is InChI=1S/C11H14F3NO2/c1-7(15)10(11(12,13)14)17-9-6-4-3-5-8(9)16-2/h3-7,10H,15H2,1-2H3. The van der Waals surface area contributed by atoms with Gasteiger partial charge in [-0.1, -0.05) is 12.1 Å². The average molecular weight is 249 g/mol. The Hall–Kier alpha value is -1.43. The van der Waals surface area contributed by atoms with Gasteiger partial charge in [0.2, 0.25) is 6.10 Å². The number of benzene rings is 1. The molecule has 1 aromatic carbocycles. The summed E-state index contributed by atoms with van der Waals surface area (Å²) in [5.74, 6) is 0.261. The molecule has 0 fully saturated rings. The second-order valence-corrected chi connectivity index (χ2v) is 3.59. The minimum atomic E-state index is -4.52. The lowest BCUT2D eigenvalue weighted by molar-refractivity contribution is -0.199. The average Bonchev–Trinajstić information content (AvgIpc) is 2.24. The van der Waals surface area contributed by atoms with Gasteiger partial charge in [0.1, 0.15) is 0 Å². The van der Waals surface area contributed by atoms with Gasteiger partial charge in [-0.05, 0) is 19.1 Å². The fourth-order valence-corrected chi connectivity index (χ4v) is 1.33. The number of rotatable bonds is 4. The molecule has 0 bridgehead atoms. The quantitative estimate of drug-likeness (QED) is 0.890. The van der Waals surface area contributed by atoms with Crippen LogP contribution in [0.3, 0.4) is 0 Å². The number of ether oxygens (including phenoxy) is 2. The fourth-order valence-electron chi connectivity index (χ4n) is 1.33. The third-order valence-corrected chi connectivity index (χ3v) is 2.12. The molecule has 1 aromatic rings. The molecular formula is C11H14F3NO2. The van der Waals surface area contributed by atoms with E-state index in [2.05, 4.69) is 0 Å². The molecule has 0 radical (unpaired) electrons. The molecule has 0 aliphatic carbocycles. The zero-order valence-electron chi connectivity index (χ0n) is 9.49. The van der Waals surface area contributed by atoms with E-state index in [0.717, 1.165) is 0 Å². The van der Waals surface area contributed by atoms with Gasteiger partial charge in [-0.25, -0.2) is 0 Å². The van der Waals surface area contributed by atoms with Crippen LogP contribution in [0, 0.1) is 0 Å². The maximum Gasteiger partial charge on any atom is 0.426 e. The van der Waals surface area contributed by atoms with E-state index >= 15 is 0 Å². The summed E-state index contributed by atoms with van der Waals surface area (Å²) >= 11 is 0. The van der Waals surface area contributed by atoms with Gasteiger partial charge in [-0.15, -0.1) is 0 Å². The van der Waals surface area contributed by atoms with Crippen LogP contribution in [-0.4, -0.2) is 25.4 Å². The Morgan fingerprint density at radius 3 is 2.12 bits per heavy atom. The normalized spacial score (nSPS) is 15.2. The minimum Gasteiger partial charge on any atom is -0.493 e. The van der Waals surface area contributed by atoms with Gasteiger partial charge in [0.25, 0.3) is 0 Å². The number of halogens is 3. The van der Waals surface area contributed by atoms with E-state index in [4.69, 9.17) is 15.2 Å². The van der Waals surface area contributed by atoms with Crippen molar-refractivity contribution in [3.63, 3.8) is 0 Å². The molecule has 3 nitrogen and oxygen atoms in total. The molecule has 2 atom stereocenters. The van der Waals surface area contributed by atoms with Crippen molar-refractivity contribution in [2.24, 2.45) is 5.73 Å². The lowest BCUT2D eigenvalue weighted by atomic mass is 10.2. The van der Waals surface area contributed by atoms with E-state index in [0.29, 0.717) is 0 Å². The molecule has 2 unspecified atom stereocenters. The molecule has 0 aliphatic heterocycles. The molecule has 17 heavy (non-hydrogen) atoms. The van der Waals surface area contributed by atoms with Crippen LogP contribution in [0.1, 0.15) is 6.92 Å². The third-order valence-electron chi connectivity index (χ3n) is 2.12. The summed E-state index contributed by atoms with van der Waals surface area (Å²) in [6.07, 6.45) is -6.58. The summed E-state index contributed by atoms with van der Waals surface area (Å²) < 4.78 is 47.7. The Morgan fingerprint density at radius 2 is 1.71 bits per heavy atom. The lowest BCUT2D eigenvalue weighted by Crippen LogP contribution is -2.47. The molecule has 6 heteroatoms. The maximum atomic E-state index is 12.6. The zero-order valence-corrected chi connectivity index (χ0v) is 9.49. The number of nitrogens with two attached hydrogens (primary N) is 1. The second kappa shape index (κ2) is 5.27. The van der Waals surface area contributed by atoms with Crippen LogP contribution in [0.2, 0.25) is 0 Å². The SMILES string of the molecule is COc1ccccc1OC(C(C)N)C(F)(F)F. The smallest absolute Gasteiger partial charge is 0.426 e. The number of hydrogen-bond acceptors (Lipinski definition) is 3. The highest BCUT2D eigenvalue weighted by Gasteiger charge is 2.44. The van der Waals surface area contributed by atoms with Crippen molar-refractivity contribution in [1.29, 1.82) is 0 Å². The summed E-state index contributed by atoms with van der Waals surface area (Å²) in [4.78, 5) is 0. The summed E-state index contributed by atoms with van der Waals surface area (Å²) in [5, 5.41) is 0. The van der Waals surface area contributed by atoms with Crippen LogP contribution in [0.15, 0.2) is 24.3 Å². The molecule has 2 N–H and O–H groups in total. The first kappa shape index (κ1) is 13.6. The Kier molecular flexibility index (Phi) is 4.22. The van der Waals surface area contributed by atoms with Gasteiger partial charge in [0, 0.05) is 6.04 Å². The first-order valence-corrected chi connectivity index (χ1v) is 4.98. The Balaban J connectivity index is 2.94. The fraction of sp³-hybridized carbons (Fsp3) is 0.455. The summed E-state index contributed by atoms with van der Waals surface area (Å²) in [7, 11) is 1.36. The van der Waals surface area contributed by atoms with Crippen molar-refractivity contribution >= 4 is 0 Å². The predicted molar refractivity (Wildman–Crippen MR) is 57.1 cm³/mol. The molecule has 0 spiro atoms. The number of alkyl halides is 3. The molecule has 0 saturated carbocycles. The van der Waals surface area contributed by atoms with Gasteiger partial charge >= 0.3 is 6.18 Å². The molecule has 0 aliphatic rings. The van der Waals surface area contributed by atoms with Crippen LogP contribution in [0.25, 0.3) is 0 Å². The van der Waals surface area contributed by atoms with E-state index in [-0.39, 0.29) is 11.5 Å². The number of para-hydroxylation sites is 2. The van der Waals surface area contributed by atoms with Crippen molar-refractivity contribution in [2.75, 3.05) is 7.11 Å². The van der Waals surface area contributed by atoms with E-state index in [9.17, 15) is 13.2 Å². The molecule has 0 heterocycles. The van der Waals surface area contributed by atoms with Gasteiger partial charge in [-0.2, -0.15) is 13.2 Å². The van der Waals surface area contributed by atoms with Gasteiger partial charge in [0.05, 0.1) is 7.11 Å². The maximum absolute atomic E-state index is 12.6. The monoisotopic (exact) mass is 249 g/mol. The highest BCUT2D eigenvalue weighted by Crippen LogP contribution is 2.32. The third kappa shape index (κ3) is 3.52. The van der Waals surface area contributed by atoms with Crippen molar-refractivity contribution in [3.05, 3.63) is 24.3 Å². The van der Waals surface area contributed by atoms with E-state index in [1.165, 1.54) is 26.2 Å². The van der Waals surface area contributed by atoms with E-state index in [1.54, 1.807) is 12.1 Å². The minimum absolute atomic E-state index is 0.0228. The lowest BCUT2D eigenvalue weighted by Gasteiger charge is -2.25. The van der Waals surface area contributed by atoms with Crippen LogP contribution in [0.5, 0.6) is 11.5 Å². The van der Waals surface area contributed by atoms with Gasteiger partial charge in [-0.3, -0.25) is 0 Å². The number of methoxy groups -OCH3 is 1. The first-order chi connectivity index (χ1) is 7.86. The Bertz CT molecular complexity index is 366. The van der Waals surface area contributed by atoms with Crippen molar-refractivity contribution in [3.8, 4) is 11.5 Å². The highest BCUT2D eigenvalue weighted by atomic mass is 19.4. The summed E-state index contributed by atoms with van der Waals surface area (Å²) in [5.41, 5.74) is 5.28.